The number of nitrogens with zero attached hydrogens (tertiary/aromatic N) is 3. The summed E-state index contributed by atoms with van der Waals surface area (Å²) in [5.41, 5.74) is 0.282. The second kappa shape index (κ2) is 22.0. The van der Waals surface area contributed by atoms with Gasteiger partial charge >= 0.3 is 0 Å². The third kappa shape index (κ3) is 12.8. The van der Waals surface area contributed by atoms with Gasteiger partial charge in [0.2, 0.25) is 23.6 Å². The Morgan fingerprint density at radius 2 is 1.48 bits per heavy atom. The molecule has 318 valence electrons. The maximum absolute atomic E-state index is 14.3. The highest BCUT2D eigenvalue weighted by Crippen LogP contribution is 2.30. The van der Waals surface area contributed by atoms with Crippen LogP contribution in [-0.2, 0) is 39.9 Å². The van der Waals surface area contributed by atoms with Crippen molar-refractivity contribution in [2.75, 3.05) is 41.9 Å². The monoisotopic (exact) mass is 786 g/mol. The summed E-state index contributed by atoms with van der Waals surface area (Å²) >= 11 is 0. The van der Waals surface area contributed by atoms with E-state index in [2.05, 4.69) is 10.6 Å². The van der Waals surface area contributed by atoms with Crippen LogP contribution in [0.1, 0.15) is 100 Å². The van der Waals surface area contributed by atoms with E-state index in [9.17, 15) is 24.0 Å². The molecular weight excluding hydrogens is 711 g/mol. The van der Waals surface area contributed by atoms with Crippen LogP contribution in [0.3, 0.4) is 0 Å². The van der Waals surface area contributed by atoms with E-state index in [-0.39, 0.29) is 59.6 Å². The van der Waals surface area contributed by atoms with Crippen molar-refractivity contribution < 1.29 is 33.4 Å². The maximum Gasteiger partial charge on any atom is 0.245 e. The zero-order valence-electron chi connectivity index (χ0n) is 37.2. The van der Waals surface area contributed by atoms with Crippen molar-refractivity contribution in [2.24, 2.45) is 29.1 Å². The van der Waals surface area contributed by atoms with Crippen molar-refractivity contribution in [3.05, 3.63) is 35.9 Å². The van der Waals surface area contributed by atoms with Crippen molar-refractivity contribution >= 4 is 29.4 Å². The van der Waals surface area contributed by atoms with Gasteiger partial charge in [-0.15, -0.1) is 0 Å². The molecular formula is C44H75N5O7. The largest absolute Gasteiger partial charge is 0.379 e. The molecule has 12 heteroatoms. The molecule has 56 heavy (non-hydrogen) atoms. The lowest BCUT2D eigenvalue weighted by Gasteiger charge is -2.41. The number of benzene rings is 1. The fraction of sp³-hybridized carbons (Fsp3) is 0.750. The lowest BCUT2D eigenvalue weighted by molar-refractivity contribution is -0.148. The number of Topliss-reactive ketones (excluding diaryl/α,β-unsaturated/α-hetero) is 1. The Labute approximate surface area is 338 Å². The summed E-state index contributed by atoms with van der Waals surface area (Å²) < 4.78 is 12.0. The molecule has 1 saturated heterocycles. The van der Waals surface area contributed by atoms with Gasteiger partial charge in [-0.1, -0.05) is 106 Å². The average molecular weight is 786 g/mol. The van der Waals surface area contributed by atoms with E-state index in [0.29, 0.717) is 19.4 Å². The molecule has 1 aromatic carbocycles. The zero-order valence-corrected chi connectivity index (χ0v) is 37.2. The van der Waals surface area contributed by atoms with Crippen LogP contribution in [0, 0.1) is 29.1 Å². The van der Waals surface area contributed by atoms with Crippen LogP contribution >= 0.6 is 0 Å². The normalized spacial score (nSPS) is 19.2. The summed E-state index contributed by atoms with van der Waals surface area (Å²) in [5.74, 6) is -1.78. The fourth-order valence-electron chi connectivity index (χ4n) is 8.30. The fourth-order valence-corrected chi connectivity index (χ4v) is 8.30. The molecule has 0 radical (unpaired) electrons. The summed E-state index contributed by atoms with van der Waals surface area (Å²) in [6, 6.07) is 6.91. The number of methoxy groups -OCH3 is 2. The predicted molar refractivity (Wildman–Crippen MR) is 222 cm³/mol. The van der Waals surface area contributed by atoms with Gasteiger partial charge < -0.3 is 29.9 Å². The number of nitrogens with one attached hydrogen (secondary N) is 2. The standard InChI is InChI=1S/C44H75N5O7/c1-16-29(6)38(48(13)43(54)36(27(2)3)46-42(53)37(28(4)5)47(11)12)34(55-14)26-35(50)49-24-20-23-33(49)39(56-15)30(7)41(52)45-32(40(51)44(8,9)10)25-31-21-18-17-19-22-31/h17-19,21-22,27-30,32-34,36-39H,16,20,23-26H2,1-15H3,(H,45,52)(H,46,53)/t29-,30+,32-,33-,34+,36-,37-,38-,39+/m0/s1. The number of rotatable bonds is 21. The van der Waals surface area contributed by atoms with Crippen molar-refractivity contribution in [3.8, 4) is 0 Å². The summed E-state index contributed by atoms with van der Waals surface area (Å²) in [7, 11) is 8.57. The molecule has 0 aliphatic carbocycles. The molecule has 9 atom stereocenters. The summed E-state index contributed by atoms with van der Waals surface area (Å²) in [6.07, 6.45) is 1.27. The van der Waals surface area contributed by atoms with Gasteiger partial charge in [-0.3, -0.25) is 28.9 Å². The van der Waals surface area contributed by atoms with Crippen LogP contribution in [0.2, 0.25) is 0 Å². The highest BCUT2D eigenvalue weighted by Gasteiger charge is 2.44. The van der Waals surface area contributed by atoms with Crippen LogP contribution < -0.4 is 10.6 Å². The number of ether oxygens (including phenoxy) is 2. The molecule has 0 saturated carbocycles. The number of likely N-dealkylation sites (tertiary alicyclic amines) is 1. The van der Waals surface area contributed by atoms with Crippen LogP contribution in [0.25, 0.3) is 0 Å². The molecule has 4 amide bonds. The third-order valence-electron chi connectivity index (χ3n) is 11.6. The highest BCUT2D eigenvalue weighted by atomic mass is 16.5. The van der Waals surface area contributed by atoms with Crippen LogP contribution in [0.5, 0.6) is 0 Å². The molecule has 1 aliphatic heterocycles. The Morgan fingerprint density at radius 3 is 1.96 bits per heavy atom. The zero-order chi connectivity index (χ0) is 42.7. The number of amides is 4. The molecule has 12 nitrogen and oxygen atoms in total. The first-order valence-electron chi connectivity index (χ1n) is 20.6. The summed E-state index contributed by atoms with van der Waals surface area (Å²) in [4.78, 5) is 74.8. The Kier molecular flexibility index (Phi) is 19.1. The summed E-state index contributed by atoms with van der Waals surface area (Å²) in [5, 5.41) is 6.08. The van der Waals surface area contributed by atoms with E-state index in [1.54, 1.807) is 38.0 Å². The van der Waals surface area contributed by atoms with Crippen molar-refractivity contribution in [3.63, 3.8) is 0 Å². The predicted octanol–water partition coefficient (Wildman–Crippen LogP) is 4.98. The highest BCUT2D eigenvalue weighted by molar-refractivity contribution is 5.93. The van der Waals surface area contributed by atoms with Gasteiger partial charge in [0.25, 0.3) is 0 Å². The Hall–Kier alpha value is -3.35. The van der Waals surface area contributed by atoms with Gasteiger partial charge in [0.1, 0.15) is 6.04 Å². The van der Waals surface area contributed by atoms with E-state index >= 15 is 0 Å². The van der Waals surface area contributed by atoms with E-state index in [4.69, 9.17) is 9.47 Å². The van der Waals surface area contributed by atoms with Crippen LogP contribution in [-0.4, -0.2) is 128 Å². The summed E-state index contributed by atoms with van der Waals surface area (Å²) in [6.45, 7) is 19.7. The van der Waals surface area contributed by atoms with Crippen molar-refractivity contribution in [2.45, 2.75) is 144 Å². The van der Waals surface area contributed by atoms with E-state index in [1.165, 1.54) is 0 Å². The van der Waals surface area contributed by atoms with Gasteiger partial charge in [0.05, 0.1) is 48.7 Å². The van der Waals surface area contributed by atoms with Crippen molar-refractivity contribution in [1.29, 1.82) is 0 Å². The van der Waals surface area contributed by atoms with Crippen molar-refractivity contribution in [1.82, 2.24) is 25.3 Å². The number of likely N-dealkylation sites (N-methyl/N-ethyl adjacent to an activating group) is 2. The Morgan fingerprint density at radius 1 is 0.875 bits per heavy atom. The van der Waals surface area contributed by atoms with Gasteiger partial charge in [-0.2, -0.15) is 0 Å². The van der Waals surface area contributed by atoms with Crippen LogP contribution in [0.15, 0.2) is 30.3 Å². The minimum Gasteiger partial charge on any atom is -0.379 e. The number of carbonyl (C=O) groups excluding carboxylic acids is 5. The van der Waals surface area contributed by atoms with Crippen LogP contribution in [0.4, 0.5) is 0 Å². The van der Waals surface area contributed by atoms with Gasteiger partial charge in [0, 0.05) is 33.2 Å². The van der Waals surface area contributed by atoms with Gasteiger partial charge in [0.15, 0.2) is 5.78 Å². The Balaban J connectivity index is 2.32. The number of ketones is 1. The minimum atomic E-state index is -0.766. The molecule has 1 aliphatic rings. The minimum absolute atomic E-state index is 0.0185. The topological polar surface area (TPSA) is 138 Å². The van der Waals surface area contributed by atoms with Gasteiger partial charge in [-0.05, 0) is 56.7 Å². The second-order valence-electron chi connectivity index (χ2n) is 17.8. The molecule has 2 rings (SSSR count). The molecule has 1 heterocycles. The first-order chi connectivity index (χ1) is 26.1. The molecule has 0 bridgehead atoms. The molecule has 0 aromatic heterocycles. The first kappa shape index (κ1) is 48.8. The number of carbonyl (C=O) groups is 5. The van der Waals surface area contributed by atoms with E-state index in [0.717, 1.165) is 18.4 Å². The SMILES string of the molecule is CC[C@H](C)[C@@H]([C@@H](CC(=O)N1CCC[C@H]1[C@H](OC)[C@@H](C)C(=O)N[C@@H](Cc1ccccc1)C(=O)C(C)(C)C)OC)N(C)C(=O)[C@@H](NC(=O)[C@H](C(C)C)N(C)C)C(C)C. The molecule has 2 N–H and O–H groups in total. The number of hydrogen-bond acceptors (Lipinski definition) is 8. The third-order valence-corrected chi connectivity index (χ3v) is 11.6. The Bertz CT molecular complexity index is 1420. The number of hydrogen-bond donors (Lipinski definition) is 2. The second-order valence-corrected chi connectivity index (χ2v) is 17.8. The molecule has 0 spiro atoms. The van der Waals surface area contributed by atoms with E-state index < -0.39 is 47.7 Å². The molecule has 1 fully saturated rings. The van der Waals surface area contributed by atoms with Gasteiger partial charge in [-0.25, -0.2) is 0 Å². The molecule has 0 unspecified atom stereocenters. The van der Waals surface area contributed by atoms with E-state index in [1.807, 2.05) is 112 Å². The smallest absolute Gasteiger partial charge is 0.245 e. The lowest BCUT2D eigenvalue weighted by Crippen LogP contribution is -2.59. The maximum atomic E-state index is 14.3. The average Bonchev–Trinajstić information content (AvgIpc) is 3.62. The molecule has 1 aromatic rings. The lowest BCUT2D eigenvalue weighted by atomic mass is 9.83. The quantitative estimate of drug-likeness (QED) is 0.178. The first-order valence-corrected chi connectivity index (χ1v) is 20.6.